The van der Waals surface area contributed by atoms with Crippen molar-refractivity contribution in [3.8, 4) is 5.75 Å². The second-order valence-electron chi connectivity index (χ2n) is 4.75. The minimum Gasteiger partial charge on any atom is -0.494 e. The Balaban J connectivity index is 2.21. The van der Waals surface area contributed by atoms with Crippen LogP contribution in [-0.2, 0) is 17.2 Å². The summed E-state index contributed by atoms with van der Waals surface area (Å²) in [5.41, 5.74) is 3.62. The minimum atomic E-state index is -0.428. The molecule has 0 unspecified atom stereocenters. The molecule has 0 N–H and O–H groups in total. The van der Waals surface area contributed by atoms with Crippen LogP contribution in [0.5, 0.6) is 5.75 Å². The molecular formula is C15H14ClN3O3S. The molecule has 3 aromatic rings. The van der Waals surface area contributed by atoms with Crippen LogP contribution in [0, 0.1) is 0 Å². The van der Waals surface area contributed by atoms with Crippen LogP contribution in [0.15, 0.2) is 23.8 Å². The third-order valence-corrected chi connectivity index (χ3v) is 4.46. The first-order valence-electron chi connectivity index (χ1n) is 6.76. The highest BCUT2D eigenvalue weighted by atomic mass is 35.5. The number of ether oxygens (including phenoxy) is 2. The van der Waals surface area contributed by atoms with Gasteiger partial charge < -0.3 is 14.0 Å². The van der Waals surface area contributed by atoms with Crippen molar-refractivity contribution in [3.05, 3.63) is 40.1 Å². The number of imidazole rings is 1. The normalized spacial score (nSPS) is 10.9. The molecule has 120 valence electrons. The number of esters is 1. The molecule has 0 atom stereocenters. The second kappa shape index (κ2) is 6.55. The number of carbonyl (C=O) groups is 1. The zero-order chi connectivity index (χ0) is 16.4. The van der Waals surface area contributed by atoms with Gasteiger partial charge in [-0.05, 0) is 12.1 Å². The van der Waals surface area contributed by atoms with Crippen molar-refractivity contribution in [2.24, 2.45) is 0 Å². The molecule has 2 heterocycles. The number of hydrogen-bond acceptors (Lipinski definition) is 6. The van der Waals surface area contributed by atoms with E-state index in [1.807, 2.05) is 4.57 Å². The number of rotatable bonds is 5. The van der Waals surface area contributed by atoms with Crippen LogP contribution >= 0.6 is 22.9 Å². The first-order chi connectivity index (χ1) is 11.2. The maximum absolute atomic E-state index is 11.9. The molecule has 2 aromatic heterocycles. The molecule has 23 heavy (non-hydrogen) atoms. The Morgan fingerprint density at radius 3 is 2.83 bits per heavy atom. The van der Waals surface area contributed by atoms with Gasteiger partial charge in [0.05, 0.1) is 43.2 Å². The highest BCUT2D eigenvalue weighted by Crippen LogP contribution is 2.30. The fraction of sp³-hybridized carbons (Fsp3) is 0.267. The zero-order valence-corrected chi connectivity index (χ0v) is 14.1. The maximum atomic E-state index is 11.9. The van der Waals surface area contributed by atoms with Crippen LogP contribution in [0.3, 0.4) is 0 Å². The lowest BCUT2D eigenvalue weighted by molar-refractivity contribution is 0.0600. The van der Waals surface area contributed by atoms with E-state index in [1.165, 1.54) is 7.11 Å². The average molecular weight is 352 g/mol. The largest absolute Gasteiger partial charge is 0.494 e. The number of methoxy groups -OCH3 is 2. The molecule has 1 aromatic carbocycles. The van der Waals surface area contributed by atoms with Gasteiger partial charge in [-0.15, -0.1) is 22.9 Å². The summed E-state index contributed by atoms with van der Waals surface area (Å²) in [7, 11) is 2.89. The number of thiazole rings is 1. The molecule has 0 saturated heterocycles. The lowest BCUT2D eigenvalue weighted by Gasteiger charge is -2.08. The summed E-state index contributed by atoms with van der Waals surface area (Å²) < 4.78 is 12.1. The number of halogens is 1. The van der Waals surface area contributed by atoms with Crippen LogP contribution in [0.4, 0.5) is 0 Å². The Morgan fingerprint density at radius 1 is 1.39 bits per heavy atom. The van der Waals surface area contributed by atoms with Crippen molar-refractivity contribution < 1.29 is 14.3 Å². The van der Waals surface area contributed by atoms with Gasteiger partial charge in [-0.25, -0.2) is 9.78 Å². The maximum Gasteiger partial charge on any atom is 0.338 e. The number of fused-ring (bicyclic) bond motifs is 1. The minimum absolute atomic E-state index is 0.254. The Morgan fingerprint density at radius 2 is 2.22 bits per heavy atom. The zero-order valence-electron chi connectivity index (χ0n) is 12.6. The van der Waals surface area contributed by atoms with Gasteiger partial charge in [0.1, 0.15) is 17.1 Å². The van der Waals surface area contributed by atoms with E-state index >= 15 is 0 Å². The standard InChI is InChI=1S/C15H14ClN3O3S/c1-21-12-4-9(15(20)22-2)3-11-14(12)18-13(5-16)19(11)7-10-6-17-8-23-10/h3-4,6,8H,5,7H2,1-2H3. The highest BCUT2D eigenvalue weighted by Gasteiger charge is 2.18. The van der Waals surface area contributed by atoms with E-state index in [1.54, 1.807) is 42.3 Å². The predicted molar refractivity (Wildman–Crippen MR) is 88.4 cm³/mol. The van der Waals surface area contributed by atoms with E-state index in [0.717, 1.165) is 10.4 Å². The van der Waals surface area contributed by atoms with Crippen molar-refractivity contribution in [3.63, 3.8) is 0 Å². The van der Waals surface area contributed by atoms with E-state index in [0.29, 0.717) is 29.2 Å². The SMILES string of the molecule is COC(=O)c1cc(OC)c2nc(CCl)n(Cc3cncs3)c2c1. The molecule has 6 nitrogen and oxygen atoms in total. The molecule has 0 fully saturated rings. The number of nitrogens with zero attached hydrogens (tertiary/aromatic N) is 3. The number of alkyl halides is 1. The lowest BCUT2D eigenvalue weighted by atomic mass is 10.2. The second-order valence-corrected chi connectivity index (χ2v) is 5.99. The first kappa shape index (κ1) is 15.8. The number of benzene rings is 1. The van der Waals surface area contributed by atoms with Gasteiger partial charge in [0.15, 0.2) is 0 Å². The van der Waals surface area contributed by atoms with Crippen LogP contribution in [0.1, 0.15) is 21.1 Å². The molecule has 3 rings (SSSR count). The number of aromatic nitrogens is 3. The molecule has 8 heteroatoms. The molecule has 0 bridgehead atoms. The van der Waals surface area contributed by atoms with Gasteiger partial charge in [-0.1, -0.05) is 0 Å². The van der Waals surface area contributed by atoms with Gasteiger partial charge in [0.25, 0.3) is 0 Å². The van der Waals surface area contributed by atoms with Gasteiger partial charge in [-0.2, -0.15) is 0 Å². The predicted octanol–water partition coefficient (Wildman–Crippen LogP) is 3.08. The van der Waals surface area contributed by atoms with Gasteiger partial charge in [0, 0.05) is 11.1 Å². The summed E-state index contributed by atoms with van der Waals surface area (Å²) in [6.45, 7) is 0.580. The van der Waals surface area contributed by atoms with Crippen molar-refractivity contribution in [1.29, 1.82) is 0 Å². The quantitative estimate of drug-likeness (QED) is 0.522. The van der Waals surface area contributed by atoms with Crippen LogP contribution < -0.4 is 4.74 Å². The molecule has 0 aliphatic carbocycles. The van der Waals surface area contributed by atoms with Crippen molar-refractivity contribution >= 4 is 39.9 Å². The Bertz CT molecular complexity index is 845. The summed E-state index contributed by atoms with van der Waals surface area (Å²) in [6, 6.07) is 3.37. The van der Waals surface area contributed by atoms with Crippen LogP contribution in [-0.4, -0.2) is 34.7 Å². The summed E-state index contributed by atoms with van der Waals surface area (Å²) in [4.78, 5) is 21.6. The molecular weight excluding hydrogens is 338 g/mol. The van der Waals surface area contributed by atoms with Crippen LogP contribution in [0.2, 0.25) is 0 Å². The Kier molecular flexibility index (Phi) is 4.49. The summed E-state index contributed by atoms with van der Waals surface area (Å²) >= 11 is 7.59. The topological polar surface area (TPSA) is 66.2 Å². The van der Waals surface area contributed by atoms with Crippen molar-refractivity contribution in [1.82, 2.24) is 14.5 Å². The van der Waals surface area contributed by atoms with E-state index < -0.39 is 5.97 Å². The number of hydrogen-bond donors (Lipinski definition) is 0. The fourth-order valence-electron chi connectivity index (χ4n) is 2.39. The van der Waals surface area contributed by atoms with Gasteiger partial charge >= 0.3 is 5.97 Å². The van der Waals surface area contributed by atoms with Crippen molar-refractivity contribution in [2.75, 3.05) is 14.2 Å². The van der Waals surface area contributed by atoms with Gasteiger partial charge in [0.2, 0.25) is 0 Å². The third-order valence-electron chi connectivity index (χ3n) is 3.46. The summed E-state index contributed by atoms with van der Waals surface area (Å²) in [5, 5.41) is 0. The van der Waals surface area contributed by atoms with E-state index in [4.69, 9.17) is 21.1 Å². The Hall–Kier alpha value is -2.12. The third kappa shape index (κ3) is 2.89. The fourth-order valence-corrected chi connectivity index (χ4v) is 3.17. The molecule has 0 saturated carbocycles. The van der Waals surface area contributed by atoms with E-state index in [2.05, 4.69) is 9.97 Å². The summed E-state index contributed by atoms with van der Waals surface area (Å²) in [6.07, 6.45) is 1.80. The highest BCUT2D eigenvalue weighted by molar-refractivity contribution is 7.09. The van der Waals surface area contributed by atoms with E-state index in [-0.39, 0.29) is 5.88 Å². The monoisotopic (exact) mass is 351 g/mol. The number of carbonyl (C=O) groups excluding carboxylic acids is 1. The molecule has 0 radical (unpaired) electrons. The average Bonchev–Trinajstić information content (AvgIpc) is 3.21. The Labute approximate surface area is 141 Å². The summed E-state index contributed by atoms with van der Waals surface area (Å²) in [5.74, 6) is 1.04. The van der Waals surface area contributed by atoms with Crippen molar-refractivity contribution in [2.45, 2.75) is 12.4 Å². The molecule has 0 aliphatic heterocycles. The molecule has 0 spiro atoms. The molecule has 0 aliphatic rings. The lowest BCUT2D eigenvalue weighted by Crippen LogP contribution is -2.05. The molecule has 0 amide bonds. The first-order valence-corrected chi connectivity index (χ1v) is 8.18. The van der Waals surface area contributed by atoms with Crippen LogP contribution in [0.25, 0.3) is 11.0 Å². The van der Waals surface area contributed by atoms with Gasteiger partial charge in [-0.3, -0.25) is 4.98 Å². The van der Waals surface area contributed by atoms with E-state index in [9.17, 15) is 4.79 Å². The smallest absolute Gasteiger partial charge is 0.338 e.